The zero-order valence-corrected chi connectivity index (χ0v) is 9.22. The van der Waals surface area contributed by atoms with Crippen LogP contribution in [0.3, 0.4) is 0 Å². The Bertz CT molecular complexity index is 281. The van der Waals surface area contributed by atoms with Crippen LogP contribution in [0.15, 0.2) is 17.0 Å². The van der Waals surface area contributed by atoms with Gasteiger partial charge in [0.25, 0.3) is 0 Å². The maximum absolute atomic E-state index is 6.06. The normalized spacial score (nSPS) is 10.3. The van der Waals surface area contributed by atoms with Crippen LogP contribution in [-0.2, 0) is 6.42 Å². The minimum Gasteiger partial charge on any atom is -0.129 e. The van der Waals surface area contributed by atoms with E-state index in [1.54, 1.807) is 11.8 Å². The fourth-order valence-corrected chi connectivity index (χ4v) is 2.11. The van der Waals surface area contributed by atoms with Gasteiger partial charge in [-0.05, 0) is 42.9 Å². The number of rotatable bonds is 2. The summed E-state index contributed by atoms with van der Waals surface area (Å²) in [5.74, 6) is 0. The van der Waals surface area contributed by atoms with Crippen molar-refractivity contribution in [1.29, 1.82) is 0 Å². The zero-order valence-electron chi connectivity index (χ0n) is 7.65. The van der Waals surface area contributed by atoms with Gasteiger partial charge in [-0.25, -0.2) is 0 Å². The summed E-state index contributed by atoms with van der Waals surface area (Å²) in [6, 6.07) is 4.27. The van der Waals surface area contributed by atoms with Crippen LogP contribution in [0.25, 0.3) is 0 Å². The number of hydrogen-bond acceptors (Lipinski definition) is 1. The quantitative estimate of drug-likeness (QED) is 0.652. The van der Waals surface area contributed by atoms with Gasteiger partial charge in [0.05, 0.1) is 0 Å². The summed E-state index contributed by atoms with van der Waals surface area (Å²) in [4.78, 5) is 1.29. The van der Waals surface area contributed by atoms with Crippen molar-refractivity contribution in [1.82, 2.24) is 0 Å². The van der Waals surface area contributed by atoms with Crippen molar-refractivity contribution in [3.63, 3.8) is 0 Å². The molecule has 0 unspecified atom stereocenters. The summed E-state index contributed by atoms with van der Waals surface area (Å²) >= 11 is 7.82. The standard InChI is InChI=1S/C10H13ClS/c1-4-8-5-9(11)7(2)10(6-8)12-3/h5-6H,4H2,1-3H3. The Morgan fingerprint density at radius 2 is 2.08 bits per heavy atom. The molecule has 0 fully saturated rings. The highest BCUT2D eigenvalue weighted by Crippen LogP contribution is 2.28. The van der Waals surface area contributed by atoms with E-state index >= 15 is 0 Å². The predicted molar refractivity (Wildman–Crippen MR) is 57.3 cm³/mol. The second-order valence-corrected chi connectivity index (χ2v) is 4.01. The molecule has 0 aliphatic carbocycles. The third kappa shape index (κ3) is 1.96. The van der Waals surface area contributed by atoms with Crippen molar-refractivity contribution >= 4 is 23.4 Å². The average molecular weight is 201 g/mol. The molecule has 0 spiro atoms. The molecule has 2 heteroatoms. The number of thioether (sulfide) groups is 1. The highest BCUT2D eigenvalue weighted by atomic mass is 35.5. The van der Waals surface area contributed by atoms with Gasteiger partial charge in [0, 0.05) is 9.92 Å². The van der Waals surface area contributed by atoms with E-state index in [2.05, 4.69) is 32.2 Å². The Morgan fingerprint density at radius 3 is 2.58 bits per heavy atom. The molecule has 0 bridgehead atoms. The lowest BCUT2D eigenvalue weighted by atomic mass is 10.1. The maximum atomic E-state index is 6.06. The lowest BCUT2D eigenvalue weighted by Gasteiger charge is -2.07. The summed E-state index contributed by atoms with van der Waals surface area (Å²) in [6.07, 6.45) is 3.13. The first-order chi connectivity index (χ1) is 5.69. The Hall–Kier alpha value is -0.140. The van der Waals surface area contributed by atoms with Crippen LogP contribution in [0.1, 0.15) is 18.1 Å². The minimum absolute atomic E-state index is 0.888. The summed E-state index contributed by atoms with van der Waals surface area (Å²) in [7, 11) is 0. The van der Waals surface area contributed by atoms with E-state index in [9.17, 15) is 0 Å². The summed E-state index contributed by atoms with van der Waals surface area (Å²) in [5.41, 5.74) is 2.51. The smallest absolute Gasteiger partial charge is 0.0449 e. The van der Waals surface area contributed by atoms with Crippen molar-refractivity contribution < 1.29 is 0 Å². The van der Waals surface area contributed by atoms with E-state index in [0.717, 1.165) is 11.4 Å². The van der Waals surface area contributed by atoms with Gasteiger partial charge in [0.2, 0.25) is 0 Å². The van der Waals surface area contributed by atoms with Gasteiger partial charge in [-0.1, -0.05) is 18.5 Å². The Morgan fingerprint density at radius 1 is 1.42 bits per heavy atom. The largest absolute Gasteiger partial charge is 0.129 e. The lowest BCUT2D eigenvalue weighted by Crippen LogP contribution is -1.86. The SMILES string of the molecule is CCc1cc(Cl)c(C)c(SC)c1. The minimum atomic E-state index is 0.888. The summed E-state index contributed by atoms with van der Waals surface area (Å²) in [6.45, 7) is 4.21. The molecular weight excluding hydrogens is 188 g/mol. The van der Waals surface area contributed by atoms with Crippen molar-refractivity contribution in [3.05, 3.63) is 28.3 Å². The summed E-state index contributed by atoms with van der Waals surface area (Å²) in [5, 5.41) is 0.888. The Kier molecular flexibility index (Phi) is 3.48. The average Bonchev–Trinajstić information content (AvgIpc) is 2.09. The Labute approximate surface area is 83.3 Å². The number of hydrogen-bond donors (Lipinski definition) is 0. The van der Waals surface area contributed by atoms with Gasteiger partial charge < -0.3 is 0 Å². The molecular formula is C10H13ClS. The number of benzene rings is 1. The highest BCUT2D eigenvalue weighted by molar-refractivity contribution is 7.98. The molecule has 12 heavy (non-hydrogen) atoms. The molecule has 0 saturated heterocycles. The predicted octanol–water partition coefficient (Wildman–Crippen LogP) is 3.93. The molecule has 0 radical (unpaired) electrons. The van der Waals surface area contributed by atoms with E-state index in [0.29, 0.717) is 0 Å². The van der Waals surface area contributed by atoms with Gasteiger partial charge in [-0.3, -0.25) is 0 Å². The molecule has 0 atom stereocenters. The molecule has 1 rings (SSSR count). The van der Waals surface area contributed by atoms with Crippen LogP contribution in [0.2, 0.25) is 5.02 Å². The van der Waals surface area contributed by atoms with Gasteiger partial charge in [-0.2, -0.15) is 0 Å². The number of aryl methyl sites for hydroxylation is 1. The maximum Gasteiger partial charge on any atom is 0.0449 e. The molecule has 0 nitrogen and oxygen atoms in total. The second-order valence-electron chi connectivity index (χ2n) is 2.76. The van der Waals surface area contributed by atoms with E-state index in [4.69, 9.17) is 11.6 Å². The molecule has 1 aromatic rings. The van der Waals surface area contributed by atoms with Crippen LogP contribution >= 0.6 is 23.4 Å². The van der Waals surface area contributed by atoms with Crippen molar-refractivity contribution in [2.24, 2.45) is 0 Å². The van der Waals surface area contributed by atoms with Crippen molar-refractivity contribution in [2.45, 2.75) is 25.2 Å². The van der Waals surface area contributed by atoms with Gasteiger partial charge in [-0.15, -0.1) is 11.8 Å². The highest BCUT2D eigenvalue weighted by Gasteiger charge is 2.03. The van der Waals surface area contributed by atoms with E-state index in [-0.39, 0.29) is 0 Å². The topological polar surface area (TPSA) is 0 Å². The van der Waals surface area contributed by atoms with Crippen LogP contribution < -0.4 is 0 Å². The van der Waals surface area contributed by atoms with Crippen molar-refractivity contribution in [3.8, 4) is 0 Å². The van der Waals surface area contributed by atoms with Crippen LogP contribution in [0, 0.1) is 6.92 Å². The molecule has 0 aliphatic rings. The monoisotopic (exact) mass is 200 g/mol. The van der Waals surface area contributed by atoms with Gasteiger partial charge in [0.1, 0.15) is 0 Å². The molecule has 0 amide bonds. The van der Waals surface area contributed by atoms with E-state index < -0.39 is 0 Å². The van der Waals surface area contributed by atoms with Gasteiger partial charge in [0.15, 0.2) is 0 Å². The first-order valence-electron chi connectivity index (χ1n) is 4.02. The molecule has 0 heterocycles. The fraction of sp³-hybridized carbons (Fsp3) is 0.400. The molecule has 0 aromatic heterocycles. The fourth-order valence-electron chi connectivity index (χ4n) is 1.12. The molecule has 0 N–H and O–H groups in total. The second kappa shape index (κ2) is 4.20. The molecule has 0 aliphatic heterocycles. The first-order valence-corrected chi connectivity index (χ1v) is 5.62. The summed E-state index contributed by atoms with van der Waals surface area (Å²) < 4.78 is 0. The van der Waals surface area contributed by atoms with E-state index in [1.807, 2.05) is 0 Å². The first kappa shape index (κ1) is 9.94. The lowest BCUT2D eigenvalue weighted by molar-refractivity contribution is 1.11. The van der Waals surface area contributed by atoms with Crippen LogP contribution in [0.4, 0.5) is 0 Å². The molecule has 66 valence electrons. The Balaban J connectivity index is 3.19. The van der Waals surface area contributed by atoms with Crippen molar-refractivity contribution in [2.75, 3.05) is 6.26 Å². The van der Waals surface area contributed by atoms with Crippen LogP contribution in [-0.4, -0.2) is 6.26 Å². The van der Waals surface area contributed by atoms with E-state index in [1.165, 1.54) is 16.0 Å². The van der Waals surface area contributed by atoms with Gasteiger partial charge >= 0.3 is 0 Å². The third-order valence-electron chi connectivity index (χ3n) is 1.98. The number of halogens is 1. The van der Waals surface area contributed by atoms with Crippen LogP contribution in [0.5, 0.6) is 0 Å². The third-order valence-corrected chi connectivity index (χ3v) is 3.24. The zero-order chi connectivity index (χ0) is 9.14. The molecule has 0 saturated carbocycles. The molecule has 1 aromatic carbocycles.